The SMILES string of the molecule is CCC1C(C)C(C)C(C)(C)C1CC. The molecule has 1 saturated carbocycles. The topological polar surface area (TPSA) is 0 Å². The summed E-state index contributed by atoms with van der Waals surface area (Å²) in [6.07, 6.45) is 2.73. The van der Waals surface area contributed by atoms with Crippen LogP contribution in [0.5, 0.6) is 0 Å². The van der Waals surface area contributed by atoms with Crippen LogP contribution in [-0.4, -0.2) is 0 Å². The van der Waals surface area contributed by atoms with Crippen LogP contribution in [0.4, 0.5) is 0 Å². The smallest absolute Gasteiger partial charge is 0.0295 e. The first-order valence-corrected chi connectivity index (χ1v) is 5.96. The summed E-state index contributed by atoms with van der Waals surface area (Å²) in [6, 6.07) is 0. The van der Waals surface area contributed by atoms with Crippen molar-refractivity contribution in [2.75, 3.05) is 0 Å². The Labute approximate surface area is 84.1 Å². The maximum atomic E-state index is 2.47. The summed E-state index contributed by atoms with van der Waals surface area (Å²) in [6.45, 7) is 14.6. The standard InChI is InChI=1S/C13H26/c1-7-11-9(3)10(4)13(5,6)12(11)8-2/h9-12H,7-8H2,1-6H3. The zero-order chi connectivity index (χ0) is 10.2. The third-order valence-corrected chi connectivity index (χ3v) is 5.02. The second kappa shape index (κ2) is 3.63. The zero-order valence-electron chi connectivity index (χ0n) is 10.2. The monoisotopic (exact) mass is 182 g/mol. The molecule has 0 nitrogen and oxygen atoms in total. The highest BCUT2D eigenvalue weighted by Crippen LogP contribution is 2.55. The van der Waals surface area contributed by atoms with Crippen LogP contribution in [0.3, 0.4) is 0 Å². The molecule has 0 bridgehead atoms. The summed E-state index contributed by atoms with van der Waals surface area (Å²) in [5.41, 5.74) is 0.564. The molecule has 4 unspecified atom stereocenters. The molecule has 0 aromatic carbocycles. The highest BCUT2D eigenvalue weighted by atomic mass is 14.5. The van der Waals surface area contributed by atoms with Crippen LogP contribution in [0.25, 0.3) is 0 Å². The molecule has 1 aliphatic rings. The average molecular weight is 182 g/mol. The molecular weight excluding hydrogens is 156 g/mol. The minimum absolute atomic E-state index is 0.564. The van der Waals surface area contributed by atoms with Crippen molar-refractivity contribution in [1.29, 1.82) is 0 Å². The Kier molecular flexibility index (Phi) is 3.09. The minimum Gasteiger partial charge on any atom is -0.0651 e. The van der Waals surface area contributed by atoms with E-state index in [2.05, 4.69) is 41.5 Å². The highest BCUT2D eigenvalue weighted by Gasteiger charge is 2.49. The first kappa shape index (κ1) is 11.1. The van der Waals surface area contributed by atoms with Crippen LogP contribution in [0.15, 0.2) is 0 Å². The van der Waals surface area contributed by atoms with Crippen LogP contribution in [0.2, 0.25) is 0 Å². The number of rotatable bonds is 2. The van der Waals surface area contributed by atoms with Crippen LogP contribution in [-0.2, 0) is 0 Å². The van der Waals surface area contributed by atoms with Gasteiger partial charge in [-0.2, -0.15) is 0 Å². The molecular formula is C13H26. The Hall–Kier alpha value is 0. The van der Waals surface area contributed by atoms with Gasteiger partial charge in [0.15, 0.2) is 0 Å². The van der Waals surface area contributed by atoms with E-state index in [1.54, 1.807) is 0 Å². The predicted molar refractivity (Wildman–Crippen MR) is 59.7 cm³/mol. The predicted octanol–water partition coefficient (Wildman–Crippen LogP) is 4.35. The van der Waals surface area contributed by atoms with E-state index in [0.717, 1.165) is 23.7 Å². The molecule has 0 saturated heterocycles. The molecule has 1 fully saturated rings. The van der Waals surface area contributed by atoms with Crippen molar-refractivity contribution < 1.29 is 0 Å². The van der Waals surface area contributed by atoms with Crippen molar-refractivity contribution in [3.8, 4) is 0 Å². The number of hydrogen-bond donors (Lipinski definition) is 0. The van der Waals surface area contributed by atoms with Crippen molar-refractivity contribution in [1.82, 2.24) is 0 Å². The third kappa shape index (κ3) is 1.53. The molecule has 0 amide bonds. The molecule has 13 heavy (non-hydrogen) atoms. The molecule has 0 aromatic rings. The van der Waals surface area contributed by atoms with E-state index in [1.807, 2.05) is 0 Å². The van der Waals surface area contributed by atoms with Crippen molar-refractivity contribution in [2.24, 2.45) is 29.1 Å². The summed E-state index contributed by atoms with van der Waals surface area (Å²) in [5, 5.41) is 0. The fourth-order valence-corrected chi connectivity index (χ4v) is 3.79. The number of hydrogen-bond acceptors (Lipinski definition) is 0. The molecule has 0 heteroatoms. The van der Waals surface area contributed by atoms with E-state index in [1.165, 1.54) is 12.8 Å². The normalized spacial score (nSPS) is 43.8. The molecule has 0 aliphatic heterocycles. The van der Waals surface area contributed by atoms with Gasteiger partial charge in [0.2, 0.25) is 0 Å². The van der Waals surface area contributed by atoms with Crippen LogP contribution in [0, 0.1) is 29.1 Å². The first-order chi connectivity index (χ1) is 5.96. The average Bonchev–Trinajstić information content (AvgIpc) is 2.25. The van der Waals surface area contributed by atoms with Gasteiger partial charge in [0, 0.05) is 0 Å². The second-order valence-corrected chi connectivity index (χ2v) is 5.56. The van der Waals surface area contributed by atoms with Gasteiger partial charge in [-0.3, -0.25) is 0 Å². The maximum absolute atomic E-state index is 2.47. The lowest BCUT2D eigenvalue weighted by atomic mass is 9.73. The van der Waals surface area contributed by atoms with Gasteiger partial charge in [-0.15, -0.1) is 0 Å². The summed E-state index contributed by atoms with van der Waals surface area (Å²) in [4.78, 5) is 0. The Morgan fingerprint density at radius 2 is 1.54 bits per heavy atom. The van der Waals surface area contributed by atoms with Gasteiger partial charge >= 0.3 is 0 Å². The fraction of sp³-hybridized carbons (Fsp3) is 1.00. The van der Waals surface area contributed by atoms with Crippen LogP contribution >= 0.6 is 0 Å². The first-order valence-electron chi connectivity index (χ1n) is 5.96. The fourth-order valence-electron chi connectivity index (χ4n) is 3.79. The molecule has 4 atom stereocenters. The highest BCUT2D eigenvalue weighted by molar-refractivity contribution is 4.97. The van der Waals surface area contributed by atoms with Gasteiger partial charge in [-0.25, -0.2) is 0 Å². The van der Waals surface area contributed by atoms with Gasteiger partial charge in [0.05, 0.1) is 0 Å². The van der Waals surface area contributed by atoms with E-state index >= 15 is 0 Å². The molecule has 0 aromatic heterocycles. The molecule has 78 valence electrons. The van der Waals surface area contributed by atoms with Crippen LogP contribution < -0.4 is 0 Å². The molecule has 0 heterocycles. The van der Waals surface area contributed by atoms with E-state index in [0.29, 0.717) is 5.41 Å². The van der Waals surface area contributed by atoms with Gasteiger partial charge in [0.25, 0.3) is 0 Å². The van der Waals surface area contributed by atoms with Crippen LogP contribution in [0.1, 0.15) is 54.4 Å². The van der Waals surface area contributed by atoms with Crippen molar-refractivity contribution >= 4 is 0 Å². The Bertz CT molecular complexity index is 169. The Balaban J connectivity index is 2.90. The molecule has 0 N–H and O–H groups in total. The quantitative estimate of drug-likeness (QED) is 0.595. The molecule has 0 spiro atoms. The summed E-state index contributed by atoms with van der Waals surface area (Å²) in [7, 11) is 0. The third-order valence-electron chi connectivity index (χ3n) is 5.02. The zero-order valence-corrected chi connectivity index (χ0v) is 10.2. The van der Waals surface area contributed by atoms with Gasteiger partial charge in [-0.05, 0) is 29.1 Å². The summed E-state index contributed by atoms with van der Waals surface area (Å²) in [5.74, 6) is 3.73. The Morgan fingerprint density at radius 3 is 1.85 bits per heavy atom. The van der Waals surface area contributed by atoms with E-state index < -0.39 is 0 Å². The lowest BCUT2D eigenvalue weighted by Gasteiger charge is -2.32. The minimum atomic E-state index is 0.564. The lowest BCUT2D eigenvalue weighted by molar-refractivity contribution is 0.169. The summed E-state index contributed by atoms with van der Waals surface area (Å²) < 4.78 is 0. The molecule has 0 radical (unpaired) electrons. The van der Waals surface area contributed by atoms with Gasteiger partial charge < -0.3 is 0 Å². The van der Waals surface area contributed by atoms with Crippen molar-refractivity contribution in [3.63, 3.8) is 0 Å². The van der Waals surface area contributed by atoms with E-state index in [-0.39, 0.29) is 0 Å². The van der Waals surface area contributed by atoms with Crippen molar-refractivity contribution in [3.05, 3.63) is 0 Å². The largest absolute Gasteiger partial charge is 0.0651 e. The van der Waals surface area contributed by atoms with Gasteiger partial charge in [0.1, 0.15) is 0 Å². The van der Waals surface area contributed by atoms with Gasteiger partial charge in [-0.1, -0.05) is 54.4 Å². The lowest BCUT2D eigenvalue weighted by Crippen LogP contribution is -2.25. The maximum Gasteiger partial charge on any atom is -0.0295 e. The second-order valence-electron chi connectivity index (χ2n) is 5.56. The van der Waals surface area contributed by atoms with Crippen molar-refractivity contribution in [2.45, 2.75) is 54.4 Å². The molecule has 1 rings (SSSR count). The Morgan fingerprint density at radius 1 is 1.00 bits per heavy atom. The van der Waals surface area contributed by atoms with E-state index in [9.17, 15) is 0 Å². The molecule has 1 aliphatic carbocycles. The van der Waals surface area contributed by atoms with E-state index in [4.69, 9.17) is 0 Å². The summed E-state index contributed by atoms with van der Waals surface area (Å²) >= 11 is 0.